The van der Waals surface area contributed by atoms with Gasteiger partial charge in [-0.1, -0.05) is 39.0 Å². The Kier molecular flexibility index (Phi) is 10.1. The number of imidazole rings is 1. The second-order valence-corrected chi connectivity index (χ2v) is 11.9. The molecule has 0 bridgehead atoms. The number of rotatable bonds is 13. The van der Waals surface area contributed by atoms with E-state index in [0.29, 0.717) is 18.1 Å². The van der Waals surface area contributed by atoms with E-state index in [9.17, 15) is 0 Å². The highest BCUT2D eigenvalue weighted by Crippen LogP contribution is 2.34. The summed E-state index contributed by atoms with van der Waals surface area (Å²) in [6.45, 7) is 6.08. The summed E-state index contributed by atoms with van der Waals surface area (Å²) in [7, 11) is 0. The summed E-state index contributed by atoms with van der Waals surface area (Å²) in [6, 6.07) is 1.22. The Morgan fingerprint density at radius 3 is 2.50 bits per heavy atom. The van der Waals surface area contributed by atoms with Gasteiger partial charge in [0.05, 0.1) is 6.33 Å². The van der Waals surface area contributed by atoms with Crippen LogP contribution in [-0.4, -0.2) is 62.9 Å². The van der Waals surface area contributed by atoms with Gasteiger partial charge in [-0.25, -0.2) is 9.99 Å². The van der Waals surface area contributed by atoms with Crippen molar-refractivity contribution in [1.29, 1.82) is 0 Å². The van der Waals surface area contributed by atoms with Crippen LogP contribution in [0.25, 0.3) is 11.2 Å². The molecule has 2 saturated carbocycles. The summed E-state index contributed by atoms with van der Waals surface area (Å²) in [6.07, 6.45) is 20.0. The molecule has 1 aliphatic heterocycles. The highest BCUT2D eigenvalue weighted by atomic mass is 16.5. The van der Waals surface area contributed by atoms with Crippen LogP contribution in [0.2, 0.25) is 0 Å². The minimum atomic E-state index is 0.334. The first-order chi connectivity index (χ1) is 18.7. The summed E-state index contributed by atoms with van der Waals surface area (Å²) in [4.78, 5) is 14.8. The Hall–Kier alpha value is -1.97. The normalized spacial score (nSPS) is 23.8. The van der Waals surface area contributed by atoms with E-state index in [4.69, 9.17) is 25.4 Å². The molecule has 0 amide bonds. The summed E-state index contributed by atoms with van der Waals surface area (Å²) in [5.74, 6) is 2.39. The number of anilines is 2. The zero-order chi connectivity index (χ0) is 26.2. The minimum Gasteiger partial charge on any atom is -0.381 e. The molecule has 212 valence electrons. The van der Waals surface area contributed by atoms with E-state index >= 15 is 0 Å². The van der Waals surface area contributed by atoms with E-state index in [1.165, 1.54) is 64.2 Å². The van der Waals surface area contributed by atoms with E-state index in [0.717, 1.165) is 87.3 Å². The summed E-state index contributed by atoms with van der Waals surface area (Å²) in [5.41, 5.74) is 11.7. The molecule has 0 atom stereocenters. The second-order valence-electron chi connectivity index (χ2n) is 11.9. The van der Waals surface area contributed by atoms with Crippen LogP contribution >= 0.6 is 0 Å². The lowest BCUT2D eigenvalue weighted by Crippen LogP contribution is -2.38. The summed E-state index contributed by atoms with van der Waals surface area (Å²) >= 11 is 0. The molecule has 0 unspecified atom stereocenters. The van der Waals surface area contributed by atoms with Crippen LogP contribution in [0.4, 0.5) is 11.8 Å². The Morgan fingerprint density at radius 2 is 1.74 bits per heavy atom. The molecular formula is C29H50N8O. The van der Waals surface area contributed by atoms with Crippen LogP contribution in [0.3, 0.4) is 0 Å². The average Bonchev–Trinajstić information content (AvgIpc) is 3.61. The molecule has 5 rings (SSSR count). The highest BCUT2D eigenvalue weighted by molar-refractivity contribution is 5.84. The summed E-state index contributed by atoms with van der Waals surface area (Å²) in [5, 5.41) is 5.99. The van der Waals surface area contributed by atoms with Crippen LogP contribution < -0.4 is 16.5 Å². The van der Waals surface area contributed by atoms with Crippen molar-refractivity contribution in [1.82, 2.24) is 24.5 Å². The first-order valence-electron chi connectivity index (χ1n) is 15.6. The van der Waals surface area contributed by atoms with E-state index in [-0.39, 0.29) is 0 Å². The lowest BCUT2D eigenvalue weighted by molar-refractivity contribution is 0.129. The first kappa shape index (κ1) is 27.6. The van der Waals surface area contributed by atoms with E-state index in [2.05, 4.69) is 27.2 Å². The van der Waals surface area contributed by atoms with E-state index in [1.54, 1.807) is 0 Å². The smallest absolute Gasteiger partial charge is 0.227 e. The number of piperidine rings is 1. The molecule has 4 N–H and O–H groups in total. The van der Waals surface area contributed by atoms with Crippen molar-refractivity contribution in [2.24, 2.45) is 11.7 Å². The number of hydrogen-bond acceptors (Lipinski definition) is 8. The lowest BCUT2D eigenvalue weighted by Gasteiger charge is -2.32. The van der Waals surface area contributed by atoms with E-state index < -0.39 is 0 Å². The van der Waals surface area contributed by atoms with Crippen molar-refractivity contribution >= 4 is 22.9 Å². The molecule has 0 aromatic carbocycles. The molecule has 2 aliphatic carbocycles. The fraction of sp³-hybridized carbons (Fsp3) is 0.828. The molecule has 3 aliphatic rings. The Balaban J connectivity index is 1.19. The number of aromatic nitrogens is 4. The van der Waals surface area contributed by atoms with Crippen LogP contribution in [0.15, 0.2) is 6.33 Å². The van der Waals surface area contributed by atoms with Crippen molar-refractivity contribution in [2.75, 3.05) is 37.0 Å². The largest absolute Gasteiger partial charge is 0.381 e. The number of hydrogen-bond donors (Lipinski definition) is 3. The number of nitrogens with two attached hydrogens (primary N) is 1. The predicted molar refractivity (Wildman–Crippen MR) is 154 cm³/mol. The summed E-state index contributed by atoms with van der Waals surface area (Å²) < 4.78 is 7.92. The zero-order valence-electron chi connectivity index (χ0n) is 23.5. The molecule has 9 nitrogen and oxygen atoms in total. The van der Waals surface area contributed by atoms with Gasteiger partial charge in [-0.15, -0.1) is 0 Å². The topological polar surface area (TPSA) is 106 Å². The van der Waals surface area contributed by atoms with Gasteiger partial charge in [-0.2, -0.15) is 9.97 Å². The highest BCUT2D eigenvalue weighted by Gasteiger charge is 2.25. The van der Waals surface area contributed by atoms with Crippen molar-refractivity contribution in [3.8, 4) is 0 Å². The van der Waals surface area contributed by atoms with Gasteiger partial charge < -0.3 is 25.8 Å². The minimum absolute atomic E-state index is 0.334. The fourth-order valence-corrected chi connectivity index (χ4v) is 6.50. The Morgan fingerprint density at radius 1 is 0.947 bits per heavy atom. The first-order valence-corrected chi connectivity index (χ1v) is 15.6. The van der Waals surface area contributed by atoms with Crippen molar-refractivity contribution in [2.45, 2.75) is 121 Å². The third-order valence-corrected chi connectivity index (χ3v) is 8.87. The monoisotopic (exact) mass is 526 g/mol. The Bertz CT molecular complexity index is 974. The maximum absolute atomic E-state index is 6.14. The third-order valence-electron chi connectivity index (χ3n) is 8.87. The average molecular weight is 527 g/mol. The lowest BCUT2D eigenvalue weighted by atomic mass is 9.92. The molecule has 2 aromatic rings. The molecule has 1 saturated heterocycles. The molecule has 3 heterocycles. The van der Waals surface area contributed by atoms with Crippen LogP contribution in [-0.2, 0) is 4.74 Å². The van der Waals surface area contributed by atoms with Gasteiger partial charge in [0.2, 0.25) is 5.95 Å². The molecule has 0 radical (unpaired) electrons. The Labute approximate surface area is 228 Å². The SMILES string of the molecule is CCCOCCCCCC1CCN(Nc2nc(NC3CCC(N)CC3)nc3c2ncn3C2CCCC2)CC1. The number of ether oxygens (including phenoxy) is 1. The van der Waals surface area contributed by atoms with Gasteiger partial charge in [0.1, 0.15) is 0 Å². The third kappa shape index (κ3) is 7.36. The fourth-order valence-electron chi connectivity index (χ4n) is 6.50. The van der Waals surface area contributed by atoms with Gasteiger partial charge in [-0.05, 0) is 70.1 Å². The molecule has 9 heteroatoms. The van der Waals surface area contributed by atoms with Gasteiger partial charge in [-0.3, -0.25) is 0 Å². The van der Waals surface area contributed by atoms with Crippen molar-refractivity contribution in [3.63, 3.8) is 0 Å². The number of fused-ring (bicyclic) bond motifs is 1. The quantitative estimate of drug-likeness (QED) is 0.288. The number of hydrazine groups is 1. The van der Waals surface area contributed by atoms with Gasteiger partial charge in [0.15, 0.2) is 17.0 Å². The maximum Gasteiger partial charge on any atom is 0.227 e. The van der Waals surface area contributed by atoms with Crippen LogP contribution in [0.1, 0.15) is 109 Å². The molecule has 2 aromatic heterocycles. The van der Waals surface area contributed by atoms with Crippen molar-refractivity contribution in [3.05, 3.63) is 6.33 Å². The van der Waals surface area contributed by atoms with Gasteiger partial charge in [0.25, 0.3) is 0 Å². The molecular weight excluding hydrogens is 476 g/mol. The van der Waals surface area contributed by atoms with Crippen LogP contribution in [0.5, 0.6) is 0 Å². The number of nitrogens with zero attached hydrogens (tertiary/aromatic N) is 5. The van der Waals surface area contributed by atoms with Crippen LogP contribution in [0, 0.1) is 5.92 Å². The maximum atomic E-state index is 6.14. The molecule has 38 heavy (non-hydrogen) atoms. The van der Waals surface area contributed by atoms with Gasteiger partial charge in [0, 0.05) is 44.4 Å². The van der Waals surface area contributed by atoms with E-state index in [1.807, 2.05) is 6.33 Å². The zero-order valence-corrected chi connectivity index (χ0v) is 23.5. The second kappa shape index (κ2) is 13.9. The van der Waals surface area contributed by atoms with Crippen molar-refractivity contribution < 1.29 is 4.74 Å². The molecule has 0 spiro atoms. The number of unbranched alkanes of at least 4 members (excludes halogenated alkanes) is 2. The number of nitrogens with one attached hydrogen (secondary N) is 2. The predicted octanol–water partition coefficient (Wildman–Crippen LogP) is 5.65. The standard InChI is InChI=1S/C29H50N8O/c1-2-19-38-20-7-3-4-8-22-15-17-36(18-16-22)35-27-26-28(37(21-31-26)25-9-5-6-10-25)34-29(33-27)32-24-13-11-23(30)12-14-24/h21-25H,2-20,30H2,1H3,(H2,32,33,34,35). The van der Waals surface area contributed by atoms with Gasteiger partial charge >= 0.3 is 0 Å². The molecule has 3 fully saturated rings.